The van der Waals surface area contributed by atoms with E-state index in [-0.39, 0.29) is 0 Å². The smallest absolute Gasteiger partial charge is 0.258 e. The summed E-state index contributed by atoms with van der Waals surface area (Å²) in [6, 6.07) is 7.13. The van der Waals surface area contributed by atoms with E-state index in [0.29, 0.717) is 10.9 Å². The van der Waals surface area contributed by atoms with Crippen molar-refractivity contribution in [3.63, 3.8) is 0 Å². The number of carbonyl (C=O) groups excluding carboxylic acids is 1. The number of nitrogen functional groups attached to an aromatic ring is 1. The Morgan fingerprint density at radius 1 is 1.33 bits per heavy atom. The van der Waals surface area contributed by atoms with Crippen LogP contribution in [0.3, 0.4) is 0 Å². The maximum absolute atomic E-state index is 10.9. The van der Waals surface area contributed by atoms with Gasteiger partial charge < -0.3 is 16.2 Å². The average Bonchev–Trinajstić information content (AvgIpc) is 2.76. The molecule has 2 rings (SSSR count). The number of nitrogens with zero attached hydrogens (tertiary/aromatic N) is 2. The normalized spacial score (nSPS) is 12.1. The molecule has 0 spiro atoms. The maximum Gasteiger partial charge on any atom is 0.258 e. The van der Waals surface area contributed by atoms with Crippen molar-refractivity contribution < 1.29 is 9.53 Å². The average molecular weight is 264 g/mol. The van der Waals surface area contributed by atoms with Crippen LogP contribution in [0.25, 0.3) is 10.6 Å². The van der Waals surface area contributed by atoms with Crippen molar-refractivity contribution in [3.8, 4) is 16.3 Å². The van der Waals surface area contributed by atoms with E-state index < -0.39 is 12.0 Å². The Hall–Kier alpha value is -2.15. The van der Waals surface area contributed by atoms with Gasteiger partial charge in [-0.25, -0.2) is 0 Å². The van der Waals surface area contributed by atoms with Gasteiger partial charge in [-0.1, -0.05) is 11.3 Å². The lowest BCUT2D eigenvalue weighted by Gasteiger charge is -2.10. The highest BCUT2D eigenvalue weighted by molar-refractivity contribution is 7.18. The van der Waals surface area contributed by atoms with Crippen LogP contribution < -0.4 is 16.2 Å². The Labute approximate surface area is 108 Å². The standard InChI is InChI=1S/C11H12N4O2S/c1-6(9(12)16)17-8-4-2-7(3-5-8)10-14-15-11(13)18-10/h2-6H,1H3,(H2,12,16)(H2,13,15). The van der Waals surface area contributed by atoms with Crippen molar-refractivity contribution in [2.45, 2.75) is 13.0 Å². The molecule has 94 valence electrons. The topological polar surface area (TPSA) is 104 Å². The SMILES string of the molecule is CC(Oc1ccc(-c2nnc(N)s2)cc1)C(N)=O. The van der Waals surface area contributed by atoms with E-state index in [9.17, 15) is 4.79 Å². The largest absolute Gasteiger partial charge is 0.481 e. The van der Waals surface area contributed by atoms with Crippen molar-refractivity contribution in [1.29, 1.82) is 0 Å². The monoisotopic (exact) mass is 264 g/mol. The minimum Gasteiger partial charge on any atom is -0.481 e. The molecule has 0 aliphatic rings. The molecule has 1 aromatic heterocycles. The van der Waals surface area contributed by atoms with Crippen molar-refractivity contribution in [2.24, 2.45) is 5.73 Å². The first kappa shape index (κ1) is 12.3. The molecule has 1 heterocycles. The number of rotatable bonds is 4. The minimum absolute atomic E-state index is 0.424. The predicted molar refractivity (Wildman–Crippen MR) is 69.0 cm³/mol. The van der Waals surface area contributed by atoms with Crippen LogP contribution in [0.5, 0.6) is 5.75 Å². The van der Waals surface area contributed by atoms with Gasteiger partial charge in [-0.3, -0.25) is 4.79 Å². The van der Waals surface area contributed by atoms with E-state index in [1.165, 1.54) is 11.3 Å². The Kier molecular flexibility index (Phi) is 3.42. The summed E-state index contributed by atoms with van der Waals surface area (Å²) < 4.78 is 5.34. The Morgan fingerprint density at radius 2 is 2.00 bits per heavy atom. The molecule has 0 saturated heterocycles. The molecule has 0 aliphatic heterocycles. The molecule has 0 saturated carbocycles. The lowest BCUT2D eigenvalue weighted by atomic mass is 10.2. The quantitative estimate of drug-likeness (QED) is 0.858. The number of carbonyl (C=O) groups is 1. The zero-order chi connectivity index (χ0) is 13.1. The zero-order valence-electron chi connectivity index (χ0n) is 9.66. The Bertz CT molecular complexity index is 552. The fourth-order valence-electron chi connectivity index (χ4n) is 1.29. The van der Waals surface area contributed by atoms with Gasteiger partial charge in [0.1, 0.15) is 10.8 Å². The molecule has 0 fully saturated rings. The third kappa shape index (κ3) is 2.75. The molecule has 2 aromatic rings. The molecule has 1 atom stereocenters. The van der Waals surface area contributed by atoms with E-state index in [1.54, 1.807) is 19.1 Å². The number of ether oxygens (including phenoxy) is 1. The summed E-state index contributed by atoms with van der Waals surface area (Å²) in [5.41, 5.74) is 11.5. The second-order valence-corrected chi connectivity index (χ2v) is 4.64. The highest BCUT2D eigenvalue weighted by Gasteiger charge is 2.10. The highest BCUT2D eigenvalue weighted by atomic mass is 32.1. The van der Waals surface area contributed by atoms with Crippen LogP contribution in [0.4, 0.5) is 5.13 Å². The lowest BCUT2D eigenvalue weighted by Crippen LogP contribution is -2.30. The van der Waals surface area contributed by atoms with Crippen LogP contribution in [0.15, 0.2) is 24.3 Å². The molecule has 6 nitrogen and oxygen atoms in total. The van der Waals surface area contributed by atoms with Crippen molar-refractivity contribution in [3.05, 3.63) is 24.3 Å². The van der Waals surface area contributed by atoms with E-state index in [1.807, 2.05) is 12.1 Å². The number of nitrogens with two attached hydrogens (primary N) is 2. The summed E-state index contributed by atoms with van der Waals surface area (Å²) in [5, 5.41) is 8.84. The lowest BCUT2D eigenvalue weighted by molar-refractivity contribution is -0.123. The van der Waals surface area contributed by atoms with Gasteiger partial charge in [0.05, 0.1) is 0 Å². The van der Waals surface area contributed by atoms with Gasteiger partial charge in [0.15, 0.2) is 6.10 Å². The molecule has 7 heteroatoms. The van der Waals surface area contributed by atoms with Crippen LogP contribution in [-0.2, 0) is 4.79 Å². The van der Waals surface area contributed by atoms with Crippen molar-refractivity contribution in [1.82, 2.24) is 10.2 Å². The molecular weight excluding hydrogens is 252 g/mol. The first-order valence-electron chi connectivity index (χ1n) is 5.21. The fraction of sp³-hybridized carbons (Fsp3) is 0.182. The predicted octanol–water partition coefficient (Wildman–Crippen LogP) is 1.04. The van der Waals surface area contributed by atoms with Gasteiger partial charge in [-0.2, -0.15) is 0 Å². The Morgan fingerprint density at radius 3 is 2.50 bits per heavy atom. The summed E-state index contributed by atoms with van der Waals surface area (Å²) in [6.07, 6.45) is -0.659. The number of benzene rings is 1. The maximum atomic E-state index is 10.9. The number of anilines is 1. The van der Waals surface area contributed by atoms with Crippen molar-refractivity contribution in [2.75, 3.05) is 5.73 Å². The van der Waals surface area contributed by atoms with E-state index in [0.717, 1.165) is 10.6 Å². The first-order chi connectivity index (χ1) is 8.56. The van der Waals surface area contributed by atoms with Gasteiger partial charge in [0, 0.05) is 5.56 Å². The number of hydrogen-bond acceptors (Lipinski definition) is 6. The molecule has 0 radical (unpaired) electrons. The minimum atomic E-state index is -0.659. The fourth-order valence-corrected chi connectivity index (χ4v) is 1.90. The molecule has 18 heavy (non-hydrogen) atoms. The van der Waals surface area contributed by atoms with Crippen LogP contribution in [0.2, 0.25) is 0 Å². The van der Waals surface area contributed by atoms with Crippen LogP contribution >= 0.6 is 11.3 Å². The van der Waals surface area contributed by atoms with E-state index in [2.05, 4.69) is 10.2 Å². The third-order valence-electron chi connectivity index (χ3n) is 2.26. The molecule has 1 unspecified atom stereocenters. The van der Waals surface area contributed by atoms with Gasteiger partial charge in [-0.15, -0.1) is 10.2 Å². The van der Waals surface area contributed by atoms with Gasteiger partial charge >= 0.3 is 0 Å². The summed E-state index contributed by atoms with van der Waals surface area (Å²) >= 11 is 1.31. The van der Waals surface area contributed by atoms with Crippen molar-refractivity contribution >= 4 is 22.4 Å². The third-order valence-corrected chi connectivity index (χ3v) is 3.06. The number of aromatic nitrogens is 2. The van der Waals surface area contributed by atoms with Gasteiger partial charge in [0.2, 0.25) is 5.13 Å². The molecule has 4 N–H and O–H groups in total. The summed E-state index contributed by atoms with van der Waals surface area (Å²) in [6.45, 7) is 1.60. The van der Waals surface area contributed by atoms with Crippen LogP contribution in [-0.4, -0.2) is 22.2 Å². The van der Waals surface area contributed by atoms with Gasteiger partial charge in [0.25, 0.3) is 5.91 Å². The highest BCUT2D eigenvalue weighted by Crippen LogP contribution is 2.26. The second-order valence-electron chi connectivity index (χ2n) is 3.63. The second kappa shape index (κ2) is 5.01. The summed E-state index contributed by atoms with van der Waals surface area (Å²) in [7, 11) is 0. The van der Waals surface area contributed by atoms with Crippen LogP contribution in [0, 0.1) is 0 Å². The first-order valence-corrected chi connectivity index (χ1v) is 6.03. The molecule has 0 aliphatic carbocycles. The molecule has 0 bridgehead atoms. The molecule has 1 aromatic carbocycles. The molecule has 1 amide bonds. The summed E-state index contributed by atoms with van der Waals surface area (Å²) in [5.74, 6) is 0.0681. The Balaban J connectivity index is 2.13. The zero-order valence-corrected chi connectivity index (χ0v) is 10.5. The van der Waals surface area contributed by atoms with E-state index >= 15 is 0 Å². The number of amides is 1. The summed E-state index contributed by atoms with van der Waals surface area (Å²) in [4.78, 5) is 10.9. The van der Waals surface area contributed by atoms with Crippen LogP contribution in [0.1, 0.15) is 6.92 Å². The van der Waals surface area contributed by atoms with Gasteiger partial charge in [-0.05, 0) is 31.2 Å². The number of primary amides is 1. The van der Waals surface area contributed by atoms with E-state index in [4.69, 9.17) is 16.2 Å². The number of hydrogen-bond donors (Lipinski definition) is 2. The molecular formula is C11H12N4O2S.